The number of aromatic amines is 1. The van der Waals surface area contributed by atoms with Gasteiger partial charge in [-0.15, -0.1) is 0 Å². The minimum absolute atomic E-state index is 0.00106. The average molecular weight is 396 g/mol. The van der Waals surface area contributed by atoms with E-state index in [0.717, 1.165) is 22.0 Å². The molecule has 1 aromatic heterocycles. The van der Waals surface area contributed by atoms with E-state index in [1.54, 1.807) is 4.90 Å². The van der Waals surface area contributed by atoms with E-state index < -0.39 is 0 Å². The van der Waals surface area contributed by atoms with Crippen molar-refractivity contribution in [3.8, 4) is 0 Å². The van der Waals surface area contributed by atoms with Gasteiger partial charge in [-0.25, -0.2) is 0 Å². The van der Waals surface area contributed by atoms with Crippen LogP contribution in [0.2, 0.25) is 5.02 Å². The number of nitrogens with one attached hydrogen (secondary N) is 2. The summed E-state index contributed by atoms with van der Waals surface area (Å²) >= 11 is 5.93. The van der Waals surface area contributed by atoms with Gasteiger partial charge in [0.2, 0.25) is 11.8 Å². The fourth-order valence-corrected chi connectivity index (χ4v) is 3.85. The van der Waals surface area contributed by atoms with E-state index in [1.165, 1.54) is 0 Å². The number of H-pyrrole nitrogens is 1. The van der Waals surface area contributed by atoms with E-state index in [0.29, 0.717) is 37.5 Å². The molecule has 28 heavy (non-hydrogen) atoms. The SMILES string of the molecule is O=C(NCc1cccc2[nH]ccc12)[C@@H]1CCC(=O)N(Cc2ccc(Cl)cc2)C1. The van der Waals surface area contributed by atoms with Gasteiger partial charge in [0.25, 0.3) is 0 Å². The van der Waals surface area contributed by atoms with Crippen LogP contribution in [0.4, 0.5) is 0 Å². The highest BCUT2D eigenvalue weighted by Crippen LogP contribution is 2.22. The average Bonchev–Trinajstić information content (AvgIpc) is 3.19. The van der Waals surface area contributed by atoms with Crippen LogP contribution in [-0.4, -0.2) is 28.2 Å². The first-order valence-electron chi connectivity index (χ1n) is 9.45. The highest BCUT2D eigenvalue weighted by molar-refractivity contribution is 6.30. The minimum atomic E-state index is -0.185. The van der Waals surface area contributed by atoms with Crippen LogP contribution in [0, 0.1) is 5.92 Å². The van der Waals surface area contributed by atoms with E-state index >= 15 is 0 Å². The van der Waals surface area contributed by atoms with Crippen molar-refractivity contribution in [2.75, 3.05) is 6.54 Å². The first kappa shape index (κ1) is 18.6. The van der Waals surface area contributed by atoms with Gasteiger partial charge in [0.15, 0.2) is 0 Å². The van der Waals surface area contributed by atoms with Crippen molar-refractivity contribution in [3.05, 3.63) is 70.9 Å². The molecule has 2 heterocycles. The van der Waals surface area contributed by atoms with Crippen molar-refractivity contribution in [1.29, 1.82) is 0 Å². The Morgan fingerprint density at radius 1 is 1.18 bits per heavy atom. The number of hydrogen-bond donors (Lipinski definition) is 2. The third-order valence-electron chi connectivity index (χ3n) is 5.30. The molecule has 0 unspecified atom stereocenters. The van der Waals surface area contributed by atoms with Gasteiger partial charge in [-0.05, 0) is 41.8 Å². The third kappa shape index (κ3) is 4.04. The summed E-state index contributed by atoms with van der Waals surface area (Å²) in [5.41, 5.74) is 3.15. The summed E-state index contributed by atoms with van der Waals surface area (Å²) in [4.78, 5) is 30.0. The van der Waals surface area contributed by atoms with Crippen LogP contribution in [0.3, 0.4) is 0 Å². The maximum atomic E-state index is 12.7. The minimum Gasteiger partial charge on any atom is -0.361 e. The van der Waals surface area contributed by atoms with Gasteiger partial charge in [-0.2, -0.15) is 0 Å². The molecular formula is C22H22ClN3O2. The number of benzene rings is 2. The molecule has 2 aromatic carbocycles. The molecular weight excluding hydrogens is 374 g/mol. The van der Waals surface area contributed by atoms with Gasteiger partial charge in [-0.3, -0.25) is 9.59 Å². The number of carbonyl (C=O) groups is 2. The van der Waals surface area contributed by atoms with Crippen molar-refractivity contribution < 1.29 is 9.59 Å². The Kier molecular flexibility index (Phi) is 5.35. The van der Waals surface area contributed by atoms with Gasteiger partial charge in [0.1, 0.15) is 0 Å². The number of amides is 2. The standard InChI is InChI=1S/C22H22ClN3O2/c23-18-7-4-15(5-8-18)13-26-14-17(6-9-21(26)27)22(28)25-12-16-2-1-3-20-19(16)10-11-24-20/h1-5,7-8,10-11,17,24H,6,9,12-14H2,(H,25,28)/t17-/m1/s1. The Labute approximate surface area is 168 Å². The monoisotopic (exact) mass is 395 g/mol. The van der Waals surface area contributed by atoms with Crippen molar-refractivity contribution in [1.82, 2.24) is 15.2 Å². The van der Waals surface area contributed by atoms with E-state index in [2.05, 4.69) is 10.3 Å². The zero-order valence-electron chi connectivity index (χ0n) is 15.5. The maximum absolute atomic E-state index is 12.7. The number of hydrogen-bond acceptors (Lipinski definition) is 2. The fourth-order valence-electron chi connectivity index (χ4n) is 3.72. The number of aromatic nitrogens is 1. The number of fused-ring (bicyclic) bond motifs is 1. The Balaban J connectivity index is 1.38. The largest absolute Gasteiger partial charge is 0.361 e. The Morgan fingerprint density at radius 2 is 2.00 bits per heavy atom. The molecule has 1 atom stereocenters. The molecule has 1 fully saturated rings. The second-order valence-corrected chi connectivity index (χ2v) is 7.65. The van der Waals surface area contributed by atoms with E-state index in [9.17, 15) is 9.59 Å². The smallest absolute Gasteiger partial charge is 0.225 e. The number of rotatable bonds is 5. The molecule has 5 nitrogen and oxygen atoms in total. The van der Waals surface area contributed by atoms with E-state index in [-0.39, 0.29) is 17.7 Å². The fraction of sp³-hybridized carbons (Fsp3) is 0.273. The molecule has 1 aliphatic rings. The number of carbonyl (C=O) groups excluding carboxylic acids is 2. The molecule has 0 radical (unpaired) electrons. The van der Waals surface area contributed by atoms with Crippen molar-refractivity contribution in [2.24, 2.45) is 5.92 Å². The summed E-state index contributed by atoms with van der Waals surface area (Å²) < 4.78 is 0. The molecule has 0 aliphatic carbocycles. The molecule has 1 saturated heterocycles. The van der Waals surface area contributed by atoms with Gasteiger partial charge < -0.3 is 15.2 Å². The molecule has 1 aliphatic heterocycles. The van der Waals surface area contributed by atoms with Crippen LogP contribution in [-0.2, 0) is 22.7 Å². The van der Waals surface area contributed by atoms with Crippen LogP contribution in [0.1, 0.15) is 24.0 Å². The molecule has 144 valence electrons. The number of piperidine rings is 1. The van der Waals surface area contributed by atoms with Gasteiger partial charge in [0.05, 0.1) is 5.92 Å². The lowest BCUT2D eigenvalue weighted by atomic mass is 9.96. The van der Waals surface area contributed by atoms with Crippen molar-refractivity contribution in [2.45, 2.75) is 25.9 Å². The van der Waals surface area contributed by atoms with Gasteiger partial charge in [0, 0.05) is 48.2 Å². The Morgan fingerprint density at radius 3 is 2.82 bits per heavy atom. The Hall–Kier alpha value is -2.79. The summed E-state index contributed by atoms with van der Waals surface area (Å²) in [7, 11) is 0. The second-order valence-electron chi connectivity index (χ2n) is 7.21. The number of nitrogens with zero attached hydrogens (tertiary/aromatic N) is 1. The van der Waals surface area contributed by atoms with Crippen LogP contribution in [0.15, 0.2) is 54.7 Å². The molecule has 0 saturated carbocycles. The predicted molar refractivity (Wildman–Crippen MR) is 110 cm³/mol. The lowest BCUT2D eigenvalue weighted by Crippen LogP contribution is -2.45. The highest BCUT2D eigenvalue weighted by Gasteiger charge is 2.30. The molecule has 0 bridgehead atoms. The molecule has 3 aromatic rings. The number of likely N-dealkylation sites (tertiary alicyclic amines) is 1. The second kappa shape index (κ2) is 8.07. The normalized spacial score (nSPS) is 17.1. The van der Waals surface area contributed by atoms with Gasteiger partial charge in [-0.1, -0.05) is 35.9 Å². The zero-order valence-corrected chi connectivity index (χ0v) is 16.2. The molecule has 2 N–H and O–H groups in total. The van der Waals surface area contributed by atoms with Crippen LogP contribution in [0.5, 0.6) is 0 Å². The van der Waals surface area contributed by atoms with Crippen LogP contribution >= 0.6 is 11.6 Å². The summed E-state index contributed by atoms with van der Waals surface area (Å²) in [6.45, 7) is 1.43. The summed E-state index contributed by atoms with van der Waals surface area (Å²) in [5, 5.41) is 4.84. The van der Waals surface area contributed by atoms with Gasteiger partial charge >= 0.3 is 0 Å². The predicted octanol–water partition coefficient (Wildman–Crippen LogP) is 3.88. The quantitative estimate of drug-likeness (QED) is 0.688. The maximum Gasteiger partial charge on any atom is 0.225 e. The number of halogens is 1. The summed E-state index contributed by atoms with van der Waals surface area (Å²) in [6.07, 6.45) is 2.90. The molecule has 4 rings (SSSR count). The van der Waals surface area contributed by atoms with Crippen molar-refractivity contribution >= 4 is 34.3 Å². The van der Waals surface area contributed by atoms with E-state index in [4.69, 9.17) is 11.6 Å². The molecule has 2 amide bonds. The first-order valence-corrected chi connectivity index (χ1v) is 9.83. The lowest BCUT2D eigenvalue weighted by Gasteiger charge is -2.32. The topological polar surface area (TPSA) is 65.2 Å². The first-order chi connectivity index (χ1) is 13.6. The third-order valence-corrected chi connectivity index (χ3v) is 5.55. The van der Waals surface area contributed by atoms with Crippen molar-refractivity contribution in [3.63, 3.8) is 0 Å². The zero-order chi connectivity index (χ0) is 19.5. The summed E-state index contributed by atoms with van der Waals surface area (Å²) in [6, 6.07) is 15.5. The molecule has 6 heteroatoms. The van der Waals surface area contributed by atoms with E-state index in [1.807, 2.05) is 54.7 Å². The summed E-state index contributed by atoms with van der Waals surface area (Å²) in [5.74, 6) is -0.0901. The Bertz CT molecular complexity index is 996. The highest BCUT2D eigenvalue weighted by atomic mass is 35.5. The molecule has 0 spiro atoms. The lowest BCUT2D eigenvalue weighted by molar-refractivity contribution is -0.138. The van der Waals surface area contributed by atoms with Crippen LogP contribution < -0.4 is 5.32 Å². The van der Waals surface area contributed by atoms with Crippen LogP contribution in [0.25, 0.3) is 10.9 Å².